The van der Waals surface area contributed by atoms with Gasteiger partial charge in [0.1, 0.15) is 5.75 Å². The SMILES string of the molecule is O=C(O)Cc1ccc(OCC(F)(F)C(F)F)cn1. The Labute approximate surface area is 99.2 Å². The zero-order chi connectivity index (χ0) is 13.8. The largest absolute Gasteiger partial charge is 0.485 e. The summed E-state index contributed by atoms with van der Waals surface area (Å²) in [5.74, 6) is -5.47. The molecule has 0 amide bonds. The van der Waals surface area contributed by atoms with Crippen LogP contribution in [0.25, 0.3) is 0 Å². The number of hydrogen-bond acceptors (Lipinski definition) is 3. The topological polar surface area (TPSA) is 59.4 Å². The molecule has 0 aliphatic carbocycles. The van der Waals surface area contributed by atoms with Gasteiger partial charge in [-0.2, -0.15) is 8.78 Å². The molecule has 18 heavy (non-hydrogen) atoms. The molecule has 0 unspecified atom stereocenters. The molecular weight excluding hydrogens is 258 g/mol. The lowest BCUT2D eigenvalue weighted by Crippen LogP contribution is -2.33. The molecule has 4 nitrogen and oxygen atoms in total. The molecule has 1 N–H and O–H groups in total. The zero-order valence-corrected chi connectivity index (χ0v) is 8.95. The lowest BCUT2D eigenvalue weighted by Gasteiger charge is -2.15. The van der Waals surface area contributed by atoms with Crippen LogP contribution in [0.5, 0.6) is 5.75 Å². The van der Waals surface area contributed by atoms with Crippen LogP contribution in [-0.4, -0.2) is 35.0 Å². The van der Waals surface area contributed by atoms with Crippen molar-refractivity contribution in [1.29, 1.82) is 0 Å². The summed E-state index contributed by atoms with van der Waals surface area (Å²) in [6, 6.07) is 2.44. The van der Waals surface area contributed by atoms with Crippen molar-refractivity contribution in [3.05, 3.63) is 24.0 Å². The molecule has 100 valence electrons. The van der Waals surface area contributed by atoms with E-state index < -0.39 is 24.9 Å². The Hall–Kier alpha value is -1.86. The van der Waals surface area contributed by atoms with Crippen LogP contribution >= 0.6 is 0 Å². The summed E-state index contributed by atoms with van der Waals surface area (Å²) in [5.41, 5.74) is 0.204. The fourth-order valence-corrected chi connectivity index (χ4v) is 0.998. The minimum absolute atomic E-state index is 0.135. The molecule has 1 rings (SSSR count). The number of carboxylic acid groups (broad SMARTS) is 1. The molecule has 0 radical (unpaired) electrons. The maximum atomic E-state index is 12.5. The predicted octanol–water partition coefficient (Wildman–Crippen LogP) is 1.99. The Balaban J connectivity index is 2.56. The van der Waals surface area contributed by atoms with E-state index >= 15 is 0 Å². The summed E-state index contributed by atoms with van der Waals surface area (Å²) in [6.07, 6.45) is -3.13. The summed E-state index contributed by atoms with van der Waals surface area (Å²) in [7, 11) is 0. The lowest BCUT2D eigenvalue weighted by molar-refractivity contribution is -0.148. The number of alkyl halides is 4. The van der Waals surface area contributed by atoms with Gasteiger partial charge < -0.3 is 9.84 Å². The first-order valence-corrected chi connectivity index (χ1v) is 4.77. The molecule has 1 aromatic heterocycles. The van der Waals surface area contributed by atoms with E-state index in [9.17, 15) is 22.4 Å². The number of carbonyl (C=O) groups is 1. The first-order valence-electron chi connectivity index (χ1n) is 4.77. The average molecular weight is 267 g/mol. The van der Waals surface area contributed by atoms with Crippen LogP contribution in [0, 0.1) is 0 Å². The summed E-state index contributed by atoms with van der Waals surface area (Å²) in [6.45, 7) is -1.47. The van der Waals surface area contributed by atoms with Crippen molar-refractivity contribution in [3.8, 4) is 5.75 Å². The highest BCUT2D eigenvalue weighted by atomic mass is 19.3. The molecule has 1 heterocycles. The molecule has 0 fully saturated rings. The monoisotopic (exact) mass is 267 g/mol. The van der Waals surface area contributed by atoms with E-state index in [-0.39, 0.29) is 17.9 Å². The van der Waals surface area contributed by atoms with Crippen LogP contribution in [0.3, 0.4) is 0 Å². The third kappa shape index (κ3) is 4.19. The van der Waals surface area contributed by atoms with Crippen LogP contribution in [0.2, 0.25) is 0 Å². The fourth-order valence-electron chi connectivity index (χ4n) is 0.998. The molecular formula is C10H9F4NO3. The Morgan fingerprint density at radius 3 is 2.56 bits per heavy atom. The lowest BCUT2D eigenvalue weighted by atomic mass is 10.3. The van der Waals surface area contributed by atoms with E-state index in [4.69, 9.17) is 5.11 Å². The van der Waals surface area contributed by atoms with Crippen molar-refractivity contribution in [2.45, 2.75) is 18.8 Å². The molecule has 0 spiro atoms. The molecule has 0 aliphatic rings. The second-order valence-corrected chi connectivity index (χ2v) is 3.41. The van der Waals surface area contributed by atoms with Crippen molar-refractivity contribution in [2.24, 2.45) is 0 Å². The third-order valence-electron chi connectivity index (χ3n) is 1.88. The van der Waals surface area contributed by atoms with Crippen LogP contribution in [0.4, 0.5) is 17.6 Å². The van der Waals surface area contributed by atoms with Gasteiger partial charge in [-0.15, -0.1) is 0 Å². The van der Waals surface area contributed by atoms with E-state index in [1.807, 2.05) is 0 Å². The highest BCUT2D eigenvalue weighted by Crippen LogP contribution is 2.24. The van der Waals surface area contributed by atoms with Crippen molar-refractivity contribution in [2.75, 3.05) is 6.61 Å². The number of pyridine rings is 1. The number of aliphatic carboxylic acids is 1. The van der Waals surface area contributed by atoms with Crippen molar-refractivity contribution in [3.63, 3.8) is 0 Å². The van der Waals surface area contributed by atoms with Gasteiger partial charge in [-0.3, -0.25) is 9.78 Å². The number of hydrogen-bond donors (Lipinski definition) is 1. The summed E-state index contributed by atoms with van der Waals surface area (Å²) >= 11 is 0. The van der Waals surface area contributed by atoms with Gasteiger partial charge in [0.2, 0.25) is 0 Å². The second-order valence-electron chi connectivity index (χ2n) is 3.41. The predicted molar refractivity (Wildman–Crippen MR) is 52.0 cm³/mol. The van der Waals surface area contributed by atoms with E-state index in [0.717, 1.165) is 6.20 Å². The van der Waals surface area contributed by atoms with Gasteiger partial charge in [0.15, 0.2) is 6.61 Å². The van der Waals surface area contributed by atoms with E-state index in [2.05, 4.69) is 9.72 Å². The summed E-state index contributed by atoms with van der Waals surface area (Å²) in [5, 5.41) is 8.45. The number of ether oxygens (including phenoxy) is 1. The molecule has 0 aliphatic heterocycles. The average Bonchev–Trinajstić information content (AvgIpc) is 2.27. The van der Waals surface area contributed by atoms with Gasteiger partial charge in [-0.1, -0.05) is 0 Å². The summed E-state index contributed by atoms with van der Waals surface area (Å²) in [4.78, 5) is 14.0. The van der Waals surface area contributed by atoms with Gasteiger partial charge >= 0.3 is 18.3 Å². The first-order chi connectivity index (χ1) is 8.31. The minimum atomic E-state index is -4.24. The first kappa shape index (κ1) is 14.2. The molecule has 0 bridgehead atoms. The maximum absolute atomic E-state index is 12.5. The van der Waals surface area contributed by atoms with Gasteiger partial charge in [0.25, 0.3) is 0 Å². The van der Waals surface area contributed by atoms with Gasteiger partial charge in [-0.05, 0) is 12.1 Å². The fraction of sp³-hybridized carbons (Fsp3) is 0.400. The highest BCUT2D eigenvalue weighted by Gasteiger charge is 2.41. The number of halogens is 4. The standard InChI is InChI=1S/C10H9F4NO3/c11-9(12)10(13,14)5-18-7-2-1-6(15-4-7)3-8(16)17/h1-2,4,9H,3,5H2,(H,16,17). The number of carboxylic acids is 1. The van der Waals surface area contributed by atoms with Crippen LogP contribution in [0.15, 0.2) is 18.3 Å². The third-order valence-corrected chi connectivity index (χ3v) is 1.88. The Morgan fingerprint density at radius 1 is 1.44 bits per heavy atom. The number of nitrogens with zero attached hydrogens (tertiary/aromatic N) is 1. The Morgan fingerprint density at radius 2 is 2.11 bits per heavy atom. The Kier molecular flexibility index (Phi) is 4.46. The minimum Gasteiger partial charge on any atom is -0.485 e. The van der Waals surface area contributed by atoms with E-state index in [1.54, 1.807) is 0 Å². The Bertz CT molecular complexity index is 408. The van der Waals surface area contributed by atoms with Crippen molar-refractivity contribution >= 4 is 5.97 Å². The smallest absolute Gasteiger partial charge is 0.340 e. The molecule has 1 aromatic rings. The van der Waals surface area contributed by atoms with Crippen LogP contribution in [-0.2, 0) is 11.2 Å². The maximum Gasteiger partial charge on any atom is 0.340 e. The normalized spacial score (nSPS) is 11.6. The number of aromatic nitrogens is 1. The molecule has 0 saturated carbocycles. The summed E-state index contributed by atoms with van der Waals surface area (Å²) < 4.78 is 53.1. The molecule has 0 atom stereocenters. The van der Waals surface area contributed by atoms with Gasteiger partial charge in [0.05, 0.1) is 18.3 Å². The molecule has 0 aromatic carbocycles. The molecule has 8 heteroatoms. The van der Waals surface area contributed by atoms with Crippen molar-refractivity contribution in [1.82, 2.24) is 4.98 Å². The zero-order valence-electron chi connectivity index (χ0n) is 8.95. The van der Waals surface area contributed by atoms with Crippen LogP contribution < -0.4 is 4.74 Å². The number of rotatable bonds is 6. The van der Waals surface area contributed by atoms with E-state index in [0.29, 0.717) is 0 Å². The van der Waals surface area contributed by atoms with Gasteiger partial charge in [-0.25, -0.2) is 8.78 Å². The highest BCUT2D eigenvalue weighted by molar-refractivity contribution is 5.69. The van der Waals surface area contributed by atoms with Crippen LogP contribution in [0.1, 0.15) is 5.69 Å². The van der Waals surface area contributed by atoms with Gasteiger partial charge in [0, 0.05) is 0 Å². The van der Waals surface area contributed by atoms with Crippen molar-refractivity contribution < 1.29 is 32.2 Å². The second kappa shape index (κ2) is 5.65. The van der Waals surface area contributed by atoms with E-state index in [1.165, 1.54) is 12.1 Å². The quantitative estimate of drug-likeness (QED) is 0.801. The molecule has 0 saturated heterocycles.